The van der Waals surface area contributed by atoms with E-state index in [1.807, 2.05) is 6.92 Å². The van der Waals surface area contributed by atoms with Gasteiger partial charge in [0.1, 0.15) is 0 Å². The molecule has 1 amide bonds. The van der Waals surface area contributed by atoms with Crippen molar-refractivity contribution < 1.29 is 4.79 Å². The Hall–Kier alpha value is -0.830. The van der Waals surface area contributed by atoms with E-state index in [9.17, 15) is 4.79 Å². The molecule has 9 heavy (non-hydrogen) atoms. The lowest BCUT2D eigenvalue weighted by Crippen LogP contribution is -2.27. The number of amides is 1. The van der Waals surface area contributed by atoms with E-state index in [1.54, 1.807) is 0 Å². The summed E-state index contributed by atoms with van der Waals surface area (Å²) in [5.74, 6) is -0.153. The van der Waals surface area contributed by atoms with Gasteiger partial charge in [0.2, 0.25) is 5.91 Å². The largest absolute Gasteiger partial charge is 0.353 e. The van der Waals surface area contributed by atoms with Gasteiger partial charge in [0.25, 0.3) is 0 Å². The number of nitrogens with one attached hydrogen (secondary N) is 1. The van der Waals surface area contributed by atoms with Gasteiger partial charge in [-0.05, 0) is 6.92 Å². The molecular formula is C6H12N2O. The minimum Gasteiger partial charge on any atom is -0.353 e. The first kappa shape index (κ1) is 8.17. The van der Waals surface area contributed by atoms with Crippen molar-refractivity contribution in [2.24, 2.45) is 5.73 Å². The van der Waals surface area contributed by atoms with Crippen molar-refractivity contribution in [3.05, 3.63) is 12.2 Å². The fraction of sp³-hybridized carbons (Fsp3) is 0.500. The van der Waals surface area contributed by atoms with E-state index in [-0.39, 0.29) is 12.5 Å². The van der Waals surface area contributed by atoms with Crippen molar-refractivity contribution in [1.82, 2.24) is 5.32 Å². The number of hydrogen-bond donors (Lipinski definition) is 2. The van der Waals surface area contributed by atoms with Crippen LogP contribution in [0.4, 0.5) is 0 Å². The molecule has 0 aromatic carbocycles. The van der Waals surface area contributed by atoms with E-state index >= 15 is 0 Å². The standard InChI is InChI=1S/C6H12N2O/c1-3-8-6(9)5(2)4-7/h2-4,7H2,1H3,(H,8,9). The molecule has 0 radical (unpaired) electrons. The molecule has 3 heteroatoms. The van der Waals surface area contributed by atoms with Crippen molar-refractivity contribution in [1.29, 1.82) is 0 Å². The van der Waals surface area contributed by atoms with Gasteiger partial charge in [-0.1, -0.05) is 6.58 Å². The van der Waals surface area contributed by atoms with Gasteiger partial charge in [-0.15, -0.1) is 0 Å². The zero-order valence-corrected chi connectivity index (χ0v) is 5.61. The summed E-state index contributed by atoms with van der Waals surface area (Å²) in [7, 11) is 0. The summed E-state index contributed by atoms with van der Waals surface area (Å²) >= 11 is 0. The highest BCUT2D eigenvalue weighted by atomic mass is 16.1. The van der Waals surface area contributed by atoms with E-state index < -0.39 is 0 Å². The molecule has 0 heterocycles. The number of hydrogen-bond acceptors (Lipinski definition) is 2. The Balaban J connectivity index is 3.60. The molecule has 0 aliphatic heterocycles. The predicted molar refractivity (Wildman–Crippen MR) is 36.9 cm³/mol. The fourth-order valence-corrected chi connectivity index (χ4v) is 0.378. The van der Waals surface area contributed by atoms with Crippen molar-refractivity contribution in [3.8, 4) is 0 Å². The minimum atomic E-state index is -0.153. The summed E-state index contributed by atoms with van der Waals surface area (Å²) in [6, 6.07) is 0. The van der Waals surface area contributed by atoms with E-state index in [2.05, 4.69) is 11.9 Å². The molecular weight excluding hydrogens is 116 g/mol. The van der Waals surface area contributed by atoms with Crippen LogP contribution in [0.2, 0.25) is 0 Å². The van der Waals surface area contributed by atoms with Crippen LogP contribution in [0.5, 0.6) is 0 Å². The molecule has 0 saturated carbocycles. The highest BCUT2D eigenvalue weighted by Crippen LogP contribution is 1.83. The van der Waals surface area contributed by atoms with Gasteiger partial charge in [0, 0.05) is 18.7 Å². The zero-order valence-electron chi connectivity index (χ0n) is 5.61. The molecule has 0 aromatic rings. The van der Waals surface area contributed by atoms with E-state index in [1.165, 1.54) is 0 Å². The third kappa shape index (κ3) is 2.87. The lowest BCUT2D eigenvalue weighted by Gasteiger charge is -2.00. The number of carbonyl (C=O) groups excluding carboxylic acids is 1. The van der Waals surface area contributed by atoms with E-state index in [4.69, 9.17) is 5.73 Å². The number of nitrogens with two attached hydrogens (primary N) is 1. The van der Waals surface area contributed by atoms with Gasteiger partial charge < -0.3 is 11.1 Å². The second-order valence-electron chi connectivity index (χ2n) is 1.67. The Labute approximate surface area is 54.9 Å². The maximum Gasteiger partial charge on any atom is 0.247 e. The first-order valence-electron chi connectivity index (χ1n) is 2.88. The van der Waals surface area contributed by atoms with E-state index in [0.717, 1.165) is 0 Å². The predicted octanol–water partition coefficient (Wildman–Crippen LogP) is -0.363. The molecule has 3 N–H and O–H groups in total. The molecule has 0 bridgehead atoms. The maximum atomic E-state index is 10.7. The molecule has 0 spiro atoms. The van der Waals surface area contributed by atoms with Gasteiger partial charge in [0.15, 0.2) is 0 Å². The highest BCUT2D eigenvalue weighted by molar-refractivity contribution is 5.93. The quantitative estimate of drug-likeness (QED) is 0.510. The van der Waals surface area contributed by atoms with Gasteiger partial charge in [0.05, 0.1) is 0 Å². The molecule has 0 aliphatic carbocycles. The topological polar surface area (TPSA) is 55.1 Å². The van der Waals surface area contributed by atoms with Crippen LogP contribution >= 0.6 is 0 Å². The van der Waals surface area contributed by atoms with Crippen molar-refractivity contribution in [2.45, 2.75) is 6.92 Å². The van der Waals surface area contributed by atoms with Crippen molar-refractivity contribution in [3.63, 3.8) is 0 Å². The second kappa shape index (κ2) is 4.09. The second-order valence-corrected chi connectivity index (χ2v) is 1.67. The summed E-state index contributed by atoms with van der Waals surface area (Å²) in [6.07, 6.45) is 0. The Morgan fingerprint density at radius 2 is 2.33 bits per heavy atom. The smallest absolute Gasteiger partial charge is 0.247 e. The molecule has 0 aliphatic rings. The Bertz CT molecular complexity index is 120. The summed E-state index contributed by atoms with van der Waals surface area (Å²) in [6.45, 7) is 6.15. The first-order valence-corrected chi connectivity index (χ1v) is 2.88. The molecule has 0 unspecified atom stereocenters. The van der Waals surface area contributed by atoms with E-state index in [0.29, 0.717) is 12.1 Å². The van der Waals surface area contributed by atoms with Crippen LogP contribution in [0.25, 0.3) is 0 Å². The van der Waals surface area contributed by atoms with Gasteiger partial charge >= 0.3 is 0 Å². The molecule has 0 atom stereocenters. The summed E-state index contributed by atoms with van der Waals surface area (Å²) < 4.78 is 0. The molecule has 0 aromatic heterocycles. The Morgan fingerprint density at radius 3 is 2.67 bits per heavy atom. The fourth-order valence-electron chi connectivity index (χ4n) is 0.378. The normalized spacial score (nSPS) is 8.67. The average molecular weight is 128 g/mol. The van der Waals surface area contributed by atoms with Crippen LogP contribution in [-0.4, -0.2) is 19.0 Å². The monoisotopic (exact) mass is 128 g/mol. The number of likely N-dealkylation sites (N-methyl/N-ethyl adjacent to an activating group) is 1. The van der Waals surface area contributed by atoms with Crippen LogP contribution in [-0.2, 0) is 4.79 Å². The van der Waals surface area contributed by atoms with Gasteiger partial charge in [-0.2, -0.15) is 0 Å². The van der Waals surface area contributed by atoms with Crippen molar-refractivity contribution >= 4 is 5.91 Å². The Kier molecular flexibility index (Phi) is 3.71. The zero-order chi connectivity index (χ0) is 7.28. The summed E-state index contributed by atoms with van der Waals surface area (Å²) in [5, 5.41) is 2.58. The molecule has 52 valence electrons. The maximum absolute atomic E-state index is 10.7. The molecule has 0 saturated heterocycles. The van der Waals surface area contributed by atoms with Crippen LogP contribution in [0.1, 0.15) is 6.92 Å². The van der Waals surface area contributed by atoms with Crippen LogP contribution in [0.3, 0.4) is 0 Å². The number of carbonyl (C=O) groups is 1. The summed E-state index contributed by atoms with van der Waals surface area (Å²) in [4.78, 5) is 10.7. The highest BCUT2D eigenvalue weighted by Gasteiger charge is 2.00. The SMILES string of the molecule is C=C(CN)C(=O)NCC. The molecule has 0 fully saturated rings. The third-order valence-corrected chi connectivity index (χ3v) is 0.905. The third-order valence-electron chi connectivity index (χ3n) is 0.905. The van der Waals surface area contributed by atoms with Crippen molar-refractivity contribution in [2.75, 3.05) is 13.1 Å². The average Bonchev–Trinajstić information content (AvgIpc) is 1.87. The lowest BCUT2D eigenvalue weighted by atomic mass is 10.3. The van der Waals surface area contributed by atoms with Crippen LogP contribution in [0, 0.1) is 0 Å². The Morgan fingerprint density at radius 1 is 1.78 bits per heavy atom. The number of rotatable bonds is 3. The first-order chi connectivity index (χ1) is 4.22. The molecule has 3 nitrogen and oxygen atoms in total. The van der Waals surface area contributed by atoms with Gasteiger partial charge in [-0.3, -0.25) is 4.79 Å². The van der Waals surface area contributed by atoms with Crippen LogP contribution < -0.4 is 11.1 Å². The lowest BCUT2D eigenvalue weighted by molar-refractivity contribution is -0.117. The minimum absolute atomic E-state index is 0.153. The van der Waals surface area contributed by atoms with Gasteiger partial charge in [-0.25, -0.2) is 0 Å². The summed E-state index contributed by atoms with van der Waals surface area (Å²) in [5.41, 5.74) is 5.57. The molecule has 0 rings (SSSR count). The van der Waals surface area contributed by atoms with Crippen LogP contribution in [0.15, 0.2) is 12.2 Å².